The highest BCUT2D eigenvalue weighted by molar-refractivity contribution is 6.07. The van der Waals surface area contributed by atoms with Crippen LogP contribution in [-0.2, 0) is 13.0 Å². The Bertz CT molecular complexity index is 1500. The van der Waals surface area contributed by atoms with E-state index in [1.54, 1.807) is 7.11 Å². The summed E-state index contributed by atoms with van der Waals surface area (Å²) in [5, 5.41) is 0.875. The maximum Gasteiger partial charge on any atom is 0.254 e. The Morgan fingerprint density at radius 3 is 2.16 bits per heavy atom. The van der Waals surface area contributed by atoms with E-state index in [1.165, 1.54) is 5.56 Å². The number of aromatic nitrogens is 1. The quantitative estimate of drug-likeness (QED) is 0.235. The van der Waals surface area contributed by atoms with Gasteiger partial charge in [0.1, 0.15) is 5.75 Å². The van der Waals surface area contributed by atoms with Gasteiger partial charge in [-0.05, 0) is 66.9 Å². The van der Waals surface area contributed by atoms with Crippen LogP contribution in [0.5, 0.6) is 5.75 Å². The summed E-state index contributed by atoms with van der Waals surface area (Å²) in [6.07, 6.45) is 0.785. The van der Waals surface area contributed by atoms with Crippen LogP contribution in [0.25, 0.3) is 22.2 Å². The van der Waals surface area contributed by atoms with Crippen molar-refractivity contribution in [3.05, 3.63) is 131 Å². The predicted molar refractivity (Wildman–Crippen MR) is 150 cm³/mol. The molecule has 1 aromatic heterocycles. The Balaban J connectivity index is 1.56. The zero-order valence-electron chi connectivity index (χ0n) is 21.2. The number of methoxy groups -OCH3 is 1. The van der Waals surface area contributed by atoms with Crippen molar-refractivity contribution >= 4 is 16.8 Å². The number of amides is 1. The Labute approximate surface area is 218 Å². The molecule has 0 bridgehead atoms. The van der Waals surface area contributed by atoms with Crippen LogP contribution in [0.1, 0.15) is 27.0 Å². The molecule has 37 heavy (non-hydrogen) atoms. The molecule has 5 rings (SSSR count). The smallest absolute Gasteiger partial charge is 0.254 e. The van der Waals surface area contributed by atoms with Gasteiger partial charge in [-0.3, -0.25) is 4.79 Å². The molecule has 0 aliphatic carbocycles. The molecule has 0 radical (unpaired) electrons. The summed E-state index contributed by atoms with van der Waals surface area (Å²) in [4.78, 5) is 21.1. The maximum atomic E-state index is 14.3. The van der Waals surface area contributed by atoms with Gasteiger partial charge >= 0.3 is 0 Å². The minimum atomic E-state index is 0.00699. The molecule has 0 aliphatic rings. The normalized spacial score (nSPS) is 10.9. The molecule has 0 spiro atoms. The van der Waals surface area contributed by atoms with Crippen molar-refractivity contribution in [2.75, 3.05) is 13.7 Å². The third kappa shape index (κ3) is 5.70. The van der Waals surface area contributed by atoms with E-state index >= 15 is 0 Å². The van der Waals surface area contributed by atoms with Gasteiger partial charge in [0.2, 0.25) is 0 Å². The highest BCUT2D eigenvalue weighted by atomic mass is 16.5. The first kappa shape index (κ1) is 24.3. The summed E-state index contributed by atoms with van der Waals surface area (Å²) in [6, 6.07) is 36.3. The van der Waals surface area contributed by atoms with Gasteiger partial charge < -0.3 is 9.64 Å². The maximum absolute atomic E-state index is 14.3. The highest BCUT2D eigenvalue weighted by Crippen LogP contribution is 2.28. The minimum Gasteiger partial charge on any atom is -0.497 e. The van der Waals surface area contributed by atoms with Crippen LogP contribution >= 0.6 is 0 Å². The molecule has 0 atom stereocenters. The van der Waals surface area contributed by atoms with Crippen molar-refractivity contribution in [1.82, 2.24) is 9.88 Å². The fourth-order valence-electron chi connectivity index (χ4n) is 4.56. The molecule has 0 saturated carbocycles. The van der Waals surface area contributed by atoms with Crippen molar-refractivity contribution in [3.63, 3.8) is 0 Å². The van der Waals surface area contributed by atoms with Crippen LogP contribution in [0.15, 0.2) is 109 Å². The molecule has 0 unspecified atom stereocenters. The number of nitrogens with zero attached hydrogens (tertiary/aromatic N) is 2. The standard InChI is InChI=1S/C33H30N2O2/c1-24-13-18-31-29(21-24)30(22-32(34-31)27-14-16-28(37-2)17-15-27)33(36)35(23-26-11-7-4-8-12-26)20-19-25-9-5-3-6-10-25/h3-18,21-22H,19-20,23H2,1-2H3. The number of ether oxygens (including phenoxy) is 1. The third-order valence-electron chi connectivity index (χ3n) is 6.60. The number of hydrogen-bond acceptors (Lipinski definition) is 3. The van der Waals surface area contributed by atoms with E-state index in [1.807, 2.05) is 90.7 Å². The van der Waals surface area contributed by atoms with E-state index in [9.17, 15) is 4.79 Å². The van der Waals surface area contributed by atoms with Gasteiger partial charge in [-0.25, -0.2) is 4.98 Å². The van der Waals surface area contributed by atoms with Gasteiger partial charge in [-0.15, -0.1) is 0 Å². The number of fused-ring (bicyclic) bond motifs is 1. The molecule has 0 N–H and O–H groups in total. The second-order valence-electron chi connectivity index (χ2n) is 9.25. The SMILES string of the molecule is COc1ccc(-c2cc(C(=O)N(CCc3ccccc3)Cc3ccccc3)c3cc(C)ccc3n2)cc1. The minimum absolute atomic E-state index is 0.00699. The van der Waals surface area contributed by atoms with Crippen LogP contribution in [0, 0.1) is 6.92 Å². The summed E-state index contributed by atoms with van der Waals surface area (Å²) in [7, 11) is 1.65. The molecular weight excluding hydrogens is 456 g/mol. The zero-order chi connectivity index (χ0) is 25.6. The summed E-state index contributed by atoms with van der Waals surface area (Å²) in [5.41, 5.74) is 6.60. The number of hydrogen-bond donors (Lipinski definition) is 0. The third-order valence-corrected chi connectivity index (χ3v) is 6.60. The Morgan fingerprint density at radius 1 is 0.811 bits per heavy atom. The van der Waals surface area contributed by atoms with Crippen molar-refractivity contribution in [1.29, 1.82) is 0 Å². The van der Waals surface area contributed by atoms with Crippen molar-refractivity contribution in [3.8, 4) is 17.0 Å². The fraction of sp³-hybridized carbons (Fsp3) is 0.152. The van der Waals surface area contributed by atoms with E-state index < -0.39 is 0 Å². The Morgan fingerprint density at radius 2 is 1.49 bits per heavy atom. The van der Waals surface area contributed by atoms with Crippen molar-refractivity contribution in [2.45, 2.75) is 19.9 Å². The van der Waals surface area contributed by atoms with Gasteiger partial charge in [0.25, 0.3) is 5.91 Å². The monoisotopic (exact) mass is 486 g/mol. The first-order valence-electron chi connectivity index (χ1n) is 12.5. The molecule has 0 fully saturated rings. The lowest BCUT2D eigenvalue weighted by atomic mass is 10.0. The van der Waals surface area contributed by atoms with Crippen LogP contribution in [0.2, 0.25) is 0 Å². The molecule has 4 heteroatoms. The number of rotatable bonds is 8. The summed E-state index contributed by atoms with van der Waals surface area (Å²) in [6.45, 7) is 3.20. The van der Waals surface area contributed by atoms with Crippen LogP contribution in [-0.4, -0.2) is 29.4 Å². The summed E-state index contributed by atoms with van der Waals surface area (Å²) < 4.78 is 5.32. The zero-order valence-corrected chi connectivity index (χ0v) is 21.2. The number of benzene rings is 4. The van der Waals surface area contributed by atoms with E-state index in [2.05, 4.69) is 30.3 Å². The number of aryl methyl sites for hydroxylation is 1. The van der Waals surface area contributed by atoms with Gasteiger partial charge in [0.05, 0.1) is 23.9 Å². The highest BCUT2D eigenvalue weighted by Gasteiger charge is 2.21. The lowest BCUT2D eigenvalue weighted by Gasteiger charge is -2.24. The van der Waals surface area contributed by atoms with Crippen molar-refractivity contribution in [2.24, 2.45) is 0 Å². The van der Waals surface area contributed by atoms with Gasteiger partial charge in [0.15, 0.2) is 0 Å². The molecular formula is C33H30N2O2. The largest absolute Gasteiger partial charge is 0.497 e. The summed E-state index contributed by atoms with van der Waals surface area (Å²) in [5.74, 6) is 0.791. The second kappa shape index (κ2) is 11.1. The average molecular weight is 487 g/mol. The van der Waals surface area contributed by atoms with Crippen LogP contribution in [0.4, 0.5) is 0 Å². The fourth-order valence-corrected chi connectivity index (χ4v) is 4.56. The Kier molecular flexibility index (Phi) is 7.27. The second-order valence-corrected chi connectivity index (χ2v) is 9.25. The lowest BCUT2D eigenvalue weighted by molar-refractivity contribution is 0.0747. The van der Waals surface area contributed by atoms with E-state index in [4.69, 9.17) is 9.72 Å². The number of pyridine rings is 1. The molecule has 0 aliphatic heterocycles. The van der Waals surface area contributed by atoms with Gasteiger partial charge in [0, 0.05) is 24.0 Å². The topological polar surface area (TPSA) is 42.4 Å². The molecule has 184 valence electrons. The van der Waals surface area contributed by atoms with E-state index in [0.717, 1.165) is 45.5 Å². The van der Waals surface area contributed by atoms with Gasteiger partial charge in [-0.1, -0.05) is 72.3 Å². The number of carbonyl (C=O) groups is 1. The van der Waals surface area contributed by atoms with Gasteiger partial charge in [-0.2, -0.15) is 0 Å². The average Bonchev–Trinajstić information content (AvgIpc) is 2.95. The van der Waals surface area contributed by atoms with E-state index in [0.29, 0.717) is 18.7 Å². The Hall–Kier alpha value is -4.44. The predicted octanol–water partition coefficient (Wildman–Crippen LogP) is 7.10. The van der Waals surface area contributed by atoms with Crippen molar-refractivity contribution < 1.29 is 9.53 Å². The molecule has 1 amide bonds. The number of carbonyl (C=O) groups excluding carboxylic acids is 1. The summed E-state index contributed by atoms with van der Waals surface area (Å²) >= 11 is 0. The van der Waals surface area contributed by atoms with Crippen LogP contribution in [0.3, 0.4) is 0 Å². The van der Waals surface area contributed by atoms with E-state index in [-0.39, 0.29) is 5.91 Å². The molecule has 5 aromatic rings. The molecule has 1 heterocycles. The molecule has 4 nitrogen and oxygen atoms in total. The molecule has 0 saturated heterocycles. The lowest BCUT2D eigenvalue weighted by Crippen LogP contribution is -2.32. The van der Waals surface area contributed by atoms with Crippen LogP contribution < -0.4 is 4.74 Å². The first-order valence-corrected chi connectivity index (χ1v) is 12.5. The first-order chi connectivity index (χ1) is 18.1. The molecule has 4 aromatic carbocycles.